The summed E-state index contributed by atoms with van der Waals surface area (Å²) in [6, 6.07) is 22.7. The lowest BCUT2D eigenvalue weighted by Gasteiger charge is -2.34. The Morgan fingerprint density at radius 3 is 2.35 bits per heavy atom. The molecule has 31 heavy (non-hydrogen) atoms. The molecular weight excluding hydrogens is 386 g/mol. The summed E-state index contributed by atoms with van der Waals surface area (Å²) in [6.45, 7) is 3.86. The third kappa shape index (κ3) is 4.02. The van der Waals surface area contributed by atoms with Gasteiger partial charge in [-0.2, -0.15) is 0 Å². The van der Waals surface area contributed by atoms with Crippen LogP contribution in [0.25, 0.3) is 32.8 Å². The van der Waals surface area contributed by atoms with Gasteiger partial charge in [0.15, 0.2) is 0 Å². The number of piperazine rings is 1. The van der Waals surface area contributed by atoms with Crippen molar-refractivity contribution in [3.63, 3.8) is 0 Å². The molecule has 5 rings (SSSR count). The molecule has 4 aromatic rings. The van der Waals surface area contributed by atoms with Gasteiger partial charge in [0.2, 0.25) is 0 Å². The van der Waals surface area contributed by atoms with Crippen LogP contribution < -0.4 is 0 Å². The molecule has 0 atom stereocenters. The fraction of sp³-hybridized carbons (Fsp3) is 0.231. The van der Waals surface area contributed by atoms with Crippen LogP contribution in [0.2, 0.25) is 0 Å². The first-order valence-electron chi connectivity index (χ1n) is 10.7. The zero-order valence-electron chi connectivity index (χ0n) is 17.4. The molecule has 1 saturated heterocycles. The van der Waals surface area contributed by atoms with Crippen LogP contribution in [0.1, 0.15) is 10.4 Å². The summed E-state index contributed by atoms with van der Waals surface area (Å²) in [7, 11) is 0. The molecule has 1 N–H and O–H groups in total. The maximum atomic E-state index is 13.0. The molecule has 2 heterocycles. The van der Waals surface area contributed by atoms with Crippen molar-refractivity contribution < 1.29 is 9.90 Å². The van der Waals surface area contributed by atoms with E-state index in [2.05, 4.69) is 52.3 Å². The lowest BCUT2D eigenvalue weighted by atomic mass is 9.98. The molecule has 0 spiro atoms. The Kier molecular flexibility index (Phi) is 5.37. The molecule has 0 saturated carbocycles. The first-order valence-corrected chi connectivity index (χ1v) is 10.7. The fourth-order valence-electron chi connectivity index (χ4n) is 4.31. The van der Waals surface area contributed by atoms with Gasteiger partial charge in [0.25, 0.3) is 5.91 Å². The number of β-amino-alcohol motifs (C(OH)–C–C–N with tert-alkyl or cyclic N) is 1. The number of carbonyl (C=O) groups excluding carboxylic acids is 1. The number of aliphatic hydroxyl groups excluding tert-OH is 1. The maximum Gasteiger partial charge on any atom is 0.253 e. The Hall–Kier alpha value is -3.28. The third-order valence-corrected chi connectivity index (χ3v) is 6.10. The monoisotopic (exact) mass is 411 g/mol. The van der Waals surface area contributed by atoms with Gasteiger partial charge in [-0.1, -0.05) is 30.3 Å². The van der Waals surface area contributed by atoms with E-state index >= 15 is 0 Å². The molecule has 5 nitrogen and oxygen atoms in total. The number of amides is 1. The van der Waals surface area contributed by atoms with E-state index in [1.807, 2.05) is 35.4 Å². The first-order chi connectivity index (χ1) is 15.2. The minimum atomic E-state index is 0.0802. The van der Waals surface area contributed by atoms with Gasteiger partial charge in [0.05, 0.1) is 12.1 Å². The van der Waals surface area contributed by atoms with E-state index < -0.39 is 0 Å². The van der Waals surface area contributed by atoms with E-state index in [1.54, 1.807) is 0 Å². The van der Waals surface area contributed by atoms with Gasteiger partial charge in [-0.25, -0.2) is 0 Å². The predicted octanol–water partition coefficient (Wildman–Crippen LogP) is 3.81. The third-order valence-electron chi connectivity index (χ3n) is 6.10. The fourth-order valence-corrected chi connectivity index (χ4v) is 4.31. The molecule has 1 fully saturated rings. The van der Waals surface area contributed by atoms with Crippen molar-refractivity contribution in [2.24, 2.45) is 0 Å². The van der Waals surface area contributed by atoms with Crippen molar-refractivity contribution in [1.82, 2.24) is 14.8 Å². The minimum Gasteiger partial charge on any atom is -0.395 e. The van der Waals surface area contributed by atoms with Gasteiger partial charge in [-0.3, -0.25) is 14.7 Å². The number of carbonyl (C=O) groups is 1. The quantitative estimate of drug-likeness (QED) is 0.555. The van der Waals surface area contributed by atoms with E-state index in [4.69, 9.17) is 5.11 Å². The van der Waals surface area contributed by atoms with E-state index in [1.165, 1.54) is 0 Å². The van der Waals surface area contributed by atoms with Crippen LogP contribution in [0.4, 0.5) is 0 Å². The summed E-state index contributed by atoms with van der Waals surface area (Å²) in [5.41, 5.74) is 4.03. The highest BCUT2D eigenvalue weighted by atomic mass is 16.3. The number of aromatic nitrogens is 1. The van der Waals surface area contributed by atoms with Gasteiger partial charge < -0.3 is 10.0 Å². The summed E-state index contributed by atoms with van der Waals surface area (Å²) >= 11 is 0. The van der Waals surface area contributed by atoms with Crippen molar-refractivity contribution in [3.05, 3.63) is 78.5 Å². The molecule has 1 aliphatic rings. The Balaban J connectivity index is 1.38. The SMILES string of the molecule is O=C(c1ccc2cc(-c3ccc4ncccc4c3)ccc2c1)N1CCN(CCO)CC1. The van der Waals surface area contributed by atoms with Crippen LogP contribution in [0, 0.1) is 0 Å². The van der Waals surface area contributed by atoms with Crippen LogP contribution in [0.5, 0.6) is 0 Å². The molecule has 0 bridgehead atoms. The number of hydrogen-bond acceptors (Lipinski definition) is 4. The summed E-state index contributed by atoms with van der Waals surface area (Å²) in [4.78, 5) is 21.5. The molecule has 5 heteroatoms. The van der Waals surface area contributed by atoms with Crippen molar-refractivity contribution in [1.29, 1.82) is 0 Å². The smallest absolute Gasteiger partial charge is 0.253 e. The molecule has 1 amide bonds. The van der Waals surface area contributed by atoms with Crippen molar-refractivity contribution >= 4 is 27.6 Å². The standard InChI is InChI=1S/C26H25N3O2/c30-15-14-28-10-12-29(13-11-28)26(31)24-6-5-20-16-19(3-4-21(20)18-24)22-7-8-25-23(17-22)2-1-9-27-25/h1-9,16-18,30H,10-15H2. The molecule has 0 unspecified atom stereocenters. The first kappa shape index (κ1) is 19.7. The Labute approximate surface area is 181 Å². The van der Waals surface area contributed by atoms with E-state index in [9.17, 15) is 4.79 Å². The molecule has 156 valence electrons. The Morgan fingerprint density at radius 2 is 1.55 bits per heavy atom. The summed E-state index contributed by atoms with van der Waals surface area (Å²) in [5.74, 6) is 0.0802. The largest absolute Gasteiger partial charge is 0.395 e. The lowest BCUT2D eigenvalue weighted by molar-refractivity contribution is 0.0615. The highest BCUT2D eigenvalue weighted by Crippen LogP contribution is 2.28. The maximum absolute atomic E-state index is 13.0. The predicted molar refractivity (Wildman–Crippen MR) is 124 cm³/mol. The van der Waals surface area contributed by atoms with Gasteiger partial charge in [-0.05, 0) is 58.3 Å². The molecule has 3 aromatic carbocycles. The number of pyridine rings is 1. The second kappa shape index (κ2) is 8.46. The van der Waals surface area contributed by atoms with Crippen LogP contribution in [-0.4, -0.2) is 65.1 Å². The van der Waals surface area contributed by atoms with E-state index in [-0.39, 0.29) is 12.5 Å². The molecule has 0 aliphatic carbocycles. The molecule has 1 aromatic heterocycles. The topological polar surface area (TPSA) is 56.7 Å². The van der Waals surface area contributed by atoms with Gasteiger partial charge in [-0.15, -0.1) is 0 Å². The number of aliphatic hydroxyl groups is 1. The molecule has 1 aliphatic heterocycles. The highest BCUT2D eigenvalue weighted by Gasteiger charge is 2.22. The van der Waals surface area contributed by atoms with Crippen LogP contribution in [0.3, 0.4) is 0 Å². The summed E-state index contributed by atoms with van der Waals surface area (Å²) < 4.78 is 0. The normalized spacial score (nSPS) is 14.9. The average molecular weight is 412 g/mol. The van der Waals surface area contributed by atoms with E-state index in [0.717, 1.165) is 51.5 Å². The van der Waals surface area contributed by atoms with Crippen LogP contribution >= 0.6 is 0 Å². The molecule has 0 radical (unpaired) electrons. The van der Waals surface area contributed by atoms with Crippen molar-refractivity contribution in [2.75, 3.05) is 39.3 Å². The number of hydrogen-bond donors (Lipinski definition) is 1. The van der Waals surface area contributed by atoms with Crippen LogP contribution in [0.15, 0.2) is 72.9 Å². The van der Waals surface area contributed by atoms with Gasteiger partial charge in [0, 0.05) is 49.9 Å². The lowest BCUT2D eigenvalue weighted by Crippen LogP contribution is -2.49. The van der Waals surface area contributed by atoms with Gasteiger partial charge >= 0.3 is 0 Å². The number of fused-ring (bicyclic) bond motifs is 2. The Morgan fingerprint density at radius 1 is 0.839 bits per heavy atom. The zero-order valence-corrected chi connectivity index (χ0v) is 17.4. The second-order valence-electron chi connectivity index (χ2n) is 8.05. The highest BCUT2D eigenvalue weighted by molar-refractivity contribution is 5.99. The molecular formula is C26H25N3O2. The minimum absolute atomic E-state index is 0.0802. The second-order valence-corrected chi connectivity index (χ2v) is 8.05. The van der Waals surface area contributed by atoms with Crippen molar-refractivity contribution in [2.45, 2.75) is 0 Å². The van der Waals surface area contributed by atoms with Crippen LogP contribution in [-0.2, 0) is 0 Å². The van der Waals surface area contributed by atoms with Crippen molar-refractivity contribution in [3.8, 4) is 11.1 Å². The number of nitrogens with zero attached hydrogens (tertiary/aromatic N) is 3. The number of benzene rings is 3. The zero-order chi connectivity index (χ0) is 21.2. The van der Waals surface area contributed by atoms with E-state index in [0.29, 0.717) is 19.6 Å². The van der Waals surface area contributed by atoms with Gasteiger partial charge in [0.1, 0.15) is 0 Å². The number of rotatable bonds is 4. The summed E-state index contributed by atoms with van der Waals surface area (Å²) in [5, 5.41) is 12.4. The Bertz CT molecular complexity index is 1250. The summed E-state index contributed by atoms with van der Waals surface area (Å²) in [6.07, 6.45) is 1.81. The average Bonchev–Trinajstić information content (AvgIpc) is 2.83.